The van der Waals surface area contributed by atoms with E-state index in [4.69, 9.17) is 0 Å². The monoisotopic (exact) mass is 212 g/mol. The lowest BCUT2D eigenvalue weighted by Crippen LogP contribution is -2.44. The van der Waals surface area contributed by atoms with Crippen LogP contribution in [-0.4, -0.2) is 22.7 Å². The first-order valence-corrected chi connectivity index (χ1v) is 5.05. The summed E-state index contributed by atoms with van der Waals surface area (Å²) in [5, 5.41) is 13.3. The smallest absolute Gasteiger partial charge is 0.141 e. The molecule has 4 heteroatoms. The number of rotatable bonds is 4. The third kappa shape index (κ3) is 2.73. The van der Waals surface area contributed by atoms with Gasteiger partial charge < -0.3 is 10.4 Å². The summed E-state index contributed by atoms with van der Waals surface area (Å²) in [4.78, 5) is 3.73. The Morgan fingerprint density at radius 1 is 1.60 bits per heavy atom. The lowest BCUT2D eigenvalue weighted by atomic mass is 9.90. The van der Waals surface area contributed by atoms with Crippen LogP contribution in [0.2, 0.25) is 0 Å². The van der Waals surface area contributed by atoms with Crippen LogP contribution >= 0.6 is 0 Å². The van der Waals surface area contributed by atoms with E-state index >= 15 is 0 Å². The first kappa shape index (κ1) is 12.1. The van der Waals surface area contributed by atoms with Gasteiger partial charge in [0.25, 0.3) is 0 Å². The molecule has 0 fully saturated rings. The molecule has 0 bridgehead atoms. The summed E-state index contributed by atoms with van der Waals surface area (Å²) in [5.41, 5.74) is -0.638. The van der Waals surface area contributed by atoms with Gasteiger partial charge in [-0.1, -0.05) is 6.92 Å². The van der Waals surface area contributed by atoms with Crippen LogP contribution in [0.15, 0.2) is 18.5 Å². The number of hydrogen-bond acceptors (Lipinski definition) is 3. The van der Waals surface area contributed by atoms with Crippen LogP contribution in [0, 0.1) is 5.82 Å². The third-order valence-electron chi connectivity index (χ3n) is 2.64. The second-order valence-electron chi connectivity index (χ2n) is 3.82. The van der Waals surface area contributed by atoms with Crippen LogP contribution < -0.4 is 5.32 Å². The minimum absolute atomic E-state index is 0.161. The van der Waals surface area contributed by atoms with Crippen molar-refractivity contribution >= 4 is 0 Å². The Balaban J connectivity index is 2.94. The summed E-state index contributed by atoms with van der Waals surface area (Å²) in [6, 6.07) is 1.15. The maximum Gasteiger partial charge on any atom is 0.141 e. The topological polar surface area (TPSA) is 45.1 Å². The van der Waals surface area contributed by atoms with Crippen LogP contribution in [0.3, 0.4) is 0 Å². The Bertz CT molecular complexity index is 328. The molecule has 0 amide bonds. The minimum atomic E-state index is -1.12. The summed E-state index contributed by atoms with van der Waals surface area (Å²) in [5.74, 6) is -0.434. The molecule has 84 valence electrons. The maximum atomic E-state index is 13.0. The molecule has 0 saturated heterocycles. The van der Waals surface area contributed by atoms with Gasteiger partial charge in [-0.3, -0.25) is 4.98 Å². The van der Waals surface area contributed by atoms with Crippen molar-refractivity contribution in [3.05, 3.63) is 29.8 Å². The quantitative estimate of drug-likeness (QED) is 0.793. The normalized spacial score (nSPS) is 17.1. The van der Waals surface area contributed by atoms with E-state index in [1.807, 2.05) is 13.8 Å². The van der Waals surface area contributed by atoms with Crippen LogP contribution in [0.1, 0.15) is 26.3 Å². The zero-order valence-corrected chi connectivity index (χ0v) is 9.29. The molecular weight excluding hydrogens is 195 g/mol. The van der Waals surface area contributed by atoms with Crippen LogP contribution in [0.4, 0.5) is 4.39 Å². The standard InChI is InChI=1S/C11H17FN2O/c1-4-14-8(2)11(3,15)9-5-10(12)7-13-6-9/h5-8,14-15H,4H2,1-3H3. The van der Waals surface area contributed by atoms with Crippen molar-refractivity contribution in [3.8, 4) is 0 Å². The summed E-state index contributed by atoms with van der Waals surface area (Å²) < 4.78 is 13.0. The number of nitrogens with zero attached hydrogens (tertiary/aromatic N) is 1. The fraction of sp³-hybridized carbons (Fsp3) is 0.545. The fourth-order valence-electron chi connectivity index (χ4n) is 1.44. The molecule has 0 spiro atoms. The number of nitrogens with one attached hydrogen (secondary N) is 1. The van der Waals surface area contributed by atoms with Gasteiger partial charge in [-0.2, -0.15) is 0 Å². The van der Waals surface area contributed by atoms with E-state index in [1.165, 1.54) is 12.3 Å². The van der Waals surface area contributed by atoms with Crippen LogP contribution in [0.5, 0.6) is 0 Å². The average Bonchev–Trinajstić information content (AvgIpc) is 2.18. The molecule has 0 aliphatic rings. The Labute approximate surface area is 89.4 Å². The van der Waals surface area contributed by atoms with Gasteiger partial charge in [0.1, 0.15) is 11.4 Å². The van der Waals surface area contributed by atoms with Gasteiger partial charge in [-0.05, 0) is 26.5 Å². The molecule has 2 unspecified atom stereocenters. The number of hydrogen-bond donors (Lipinski definition) is 2. The molecule has 0 saturated carbocycles. The second-order valence-corrected chi connectivity index (χ2v) is 3.82. The number of likely N-dealkylation sites (N-methyl/N-ethyl adjacent to an activating group) is 1. The highest BCUT2D eigenvalue weighted by Gasteiger charge is 2.30. The van der Waals surface area contributed by atoms with Crippen molar-refractivity contribution in [1.29, 1.82) is 0 Å². The molecule has 0 aliphatic heterocycles. The summed E-state index contributed by atoms with van der Waals surface area (Å²) in [7, 11) is 0. The van der Waals surface area contributed by atoms with E-state index < -0.39 is 11.4 Å². The molecule has 2 atom stereocenters. The van der Waals surface area contributed by atoms with Crippen LogP contribution in [0.25, 0.3) is 0 Å². The van der Waals surface area contributed by atoms with Gasteiger partial charge in [0.05, 0.1) is 6.20 Å². The molecule has 1 aromatic heterocycles. The zero-order chi connectivity index (χ0) is 11.5. The van der Waals surface area contributed by atoms with Crippen LogP contribution in [-0.2, 0) is 5.60 Å². The molecule has 0 aliphatic carbocycles. The highest BCUT2D eigenvalue weighted by molar-refractivity contribution is 5.20. The number of aliphatic hydroxyl groups is 1. The van der Waals surface area contributed by atoms with Crippen molar-refractivity contribution in [2.75, 3.05) is 6.54 Å². The third-order valence-corrected chi connectivity index (χ3v) is 2.64. The summed E-state index contributed by atoms with van der Waals surface area (Å²) >= 11 is 0. The van der Waals surface area contributed by atoms with E-state index in [9.17, 15) is 9.50 Å². The average molecular weight is 212 g/mol. The highest BCUT2D eigenvalue weighted by atomic mass is 19.1. The van der Waals surface area contributed by atoms with E-state index in [-0.39, 0.29) is 6.04 Å². The van der Waals surface area contributed by atoms with E-state index in [1.54, 1.807) is 6.92 Å². The van der Waals surface area contributed by atoms with Crippen molar-refractivity contribution in [1.82, 2.24) is 10.3 Å². The Morgan fingerprint density at radius 3 is 2.80 bits per heavy atom. The van der Waals surface area contributed by atoms with Gasteiger partial charge >= 0.3 is 0 Å². The first-order chi connectivity index (χ1) is 6.98. The Hall–Kier alpha value is -1.00. The molecule has 1 rings (SSSR count). The lowest BCUT2D eigenvalue weighted by Gasteiger charge is -2.31. The molecule has 0 aromatic carbocycles. The zero-order valence-electron chi connectivity index (χ0n) is 9.29. The molecule has 3 nitrogen and oxygen atoms in total. The van der Waals surface area contributed by atoms with E-state index in [0.29, 0.717) is 5.56 Å². The highest BCUT2D eigenvalue weighted by Crippen LogP contribution is 2.24. The molecule has 15 heavy (non-hydrogen) atoms. The Morgan fingerprint density at radius 2 is 2.27 bits per heavy atom. The summed E-state index contributed by atoms with van der Waals surface area (Å²) in [6.07, 6.45) is 2.61. The summed E-state index contributed by atoms with van der Waals surface area (Å²) in [6.45, 7) is 6.21. The minimum Gasteiger partial charge on any atom is -0.384 e. The number of halogens is 1. The van der Waals surface area contributed by atoms with Crippen molar-refractivity contribution in [3.63, 3.8) is 0 Å². The largest absolute Gasteiger partial charge is 0.384 e. The van der Waals surface area contributed by atoms with Gasteiger partial charge in [0, 0.05) is 17.8 Å². The number of pyridine rings is 1. The van der Waals surface area contributed by atoms with Gasteiger partial charge in [-0.25, -0.2) is 4.39 Å². The predicted molar refractivity (Wildman–Crippen MR) is 56.9 cm³/mol. The van der Waals surface area contributed by atoms with E-state index in [2.05, 4.69) is 10.3 Å². The fourth-order valence-corrected chi connectivity index (χ4v) is 1.44. The Kier molecular flexibility index (Phi) is 3.77. The molecule has 1 aromatic rings. The molecule has 2 N–H and O–H groups in total. The van der Waals surface area contributed by atoms with Crippen molar-refractivity contribution in [2.24, 2.45) is 0 Å². The van der Waals surface area contributed by atoms with Gasteiger partial charge in [-0.15, -0.1) is 0 Å². The molecule has 0 radical (unpaired) electrons. The maximum absolute atomic E-state index is 13.0. The van der Waals surface area contributed by atoms with E-state index in [0.717, 1.165) is 12.7 Å². The van der Waals surface area contributed by atoms with Crippen molar-refractivity contribution in [2.45, 2.75) is 32.4 Å². The SMILES string of the molecule is CCNC(C)C(C)(O)c1cncc(F)c1. The lowest BCUT2D eigenvalue weighted by molar-refractivity contribution is 0.0215. The van der Waals surface area contributed by atoms with Crippen molar-refractivity contribution < 1.29 is 9.50 Å². The first-order valence-electron chi connectivity index (χ1n) is 5.05. The molecule has 1 heterocycles. The van der Waals surface area contributed by atoms with Gasteiger partial charge in [0.2, 0.25) is 0 Å². The number of aromatic nitrogens is 1. The predicted octanol–water partition coefficient (Wildman–Crippen LogP) is 1.43. The molecular formula is C11H17FN2O. The van der Waals surface area contributed by atoms with Gasteiger partial charge in [0.15, 0.2) is 0 Å². The second kappa shape index (κ2) is 4.68.